The normalized spacial score (nSPS) is 45.6. The van der Waals surface area contributed by atoms with Gasteiger partial charge in [-0.15, -0.1) is 6.58 Å². The molecule has 4 fully saturated rings. The maximum absolute atomic E-state index is 12.0. The smallest absolute Gasteiger partial charge is 0.172 e. The largest absolute Gasteiger partial charge is 0.497 e. The topological polar surface area (TPSA) is 47.9 Å². The van der Waals surface area contributed by atoms with Crippen LogP contribution in [0.25, 0.3) is 0 Å². The van der Waals surface area contributed by atoms with E-state index in [0.29, 0.717) is 13.2 Å². The van der Waals surface area contributed by atoms with Crippen molar-refractivity contribution in [2.24, 2.45) is 28.6 Å². The SMILES string of the molecule is C=CC[C@H]1CC2(OCCO2)[C@H]2[C@@H]([C@@H]1O)[C@]1(c3ccc(OC)cc3)C=C[C@@]23CCCC[C@@]31C. The molecule has 172 valence electrons. The first-order chi connectivity index (χ1) is 15.5. The van der Waals surface area contributed by atoms with Gasteiger partial charge in [0.1, 0.15) is 5.75 Å². The highest BCUT2D eigenvalue weighted by molar-refractivity contribution is 5.51. The number of aliphatic hydroxyl groups excluding tert-OH is 1. The summed E-state index contributed by atoms with van der Waals surface area (Å²) in [6.45, 7) is 7.78. The van der Waals surface area contributed by atoms with Gasteiger partial charge in [-0.25, -0.2) is 0 Å². The second-order valence-electron chi connectivity index (χ2n) is 11.0. The molecule has 0 unspecified atom stereocenters. The Morgan fingerprint density at radius 3 is 2.53 bits per heavy atom. The van der Waals surface area contributed by atoms with E-state index in [9.17, 15) is 5.11 Å². The lowest BCUT2D eigenvalue weighted by atomic mass is 9.52. The minimum absolute atomic E-state index is 0.0136. The average Bonchev–Trinajstić information content (AvgIpc) is 3.44. The standard InChI is InChI=1S/C28H36O4/c1-4-7-19-18-28(31-16-17-32-28)24-22(23(19)29)27(20-8-10-21(30-3)11-9-20)15-14-26(24)13-6-5-12-25(26,27)2/h4,8-11,14-15,19,22-24,29H,1,5-7,12-13,16-18H2,2-3H3/t19-,22+,23+,24-,25-,26-,27+/m0/s1. The Morgan fingerprint density at radius 2 is 1.84 bits per heavy atom. The van der Waals surface area contributed by atoms with Crippen molar-refractivity contribution in [1.82, 2.24) is 0 Å². The van der Waals surface area contributed by atoms with Crippen LogP contribution in [-0.4, -0.2) is 37.3 Å². The van der Waals surface area contributed by atoms with E-state index in [1.54, 1.807) is 7.11 Å². The Morgan fingerprint density at radius 1 is 1.12 bits per heavy atom. The molecular formula is C28H36O4. The van der Waals surface area contributed by atoms with Gasteiger partial charge in [0, 0.05) is 29.1 Å². The Bertz CT molecular complexity index is 931. The van der Waals surface area contributed by atoms with Crippen molar-refractivity contribution in [3.63, 3.8) is 0 Å². The summed E-state index contributed by atoms with van der Waals surface area (Å²) in [5, 5.41) is 12.0. The summed E-state index contributed by atoms with van der Waals surface area (Å²) in [5.74, 6) is 0.577. The van der Waals surface area contributed by atoms with Gasteiger partial charge in [-0.2, -0.15) is 0 Å². The number of allylic oxidation sites excluding steroid dienone is 3. The van der Waals surface area contributed by atoms with Gasteiger partial charge in [-0.1, -0.05) is 50.1 Å². The fourth-order valence-corrected chi connectivity index (χ4v) is 9.11. The number of aliphatic hydroxyl groups is 1. The lowest BCUT2D eigenvalue weighted by molar-refractivity contribution is -0.272. The number of hydrogen-bond acceptors (Lipinski definition) is 4. The van der Waals surface area contributed by atoms with Gasteiger partial charge < -0.3 is 19.3 Å². The molecule has 1 spiro atoms. The van der Waals surface area contributed by atoms with Gasteiger partial charge in [0.15, 0.2) is 5.79 Å². The molecule has 4 aliphatic carbocycles. The molecule has 0 radical (unpaired) electrons. The van der Waals surface area contributed by atoms with E-state index in [-0.39, 0.29) is 34.0 Å². The predicted octanol–water partition coefficient (Wildman–Crippen LogP) is 5.02. The summed E-state index contributed by atoms with van der Waals surface area (Å²) in [4.78, 5) is 0. The lowest BCUT2D eigenvalue weighted by Gasteiger charge is -2.55. The zero-order chi connectivity index (χ0) is 22.2. The van der Waals surface area contributed by atoms with Crippen LogP contribution in [0.2, 0.25) is 0 Å². The first-order valence-corrected chi connectivity index (χ1v) is 12.4. The van der Waals surface area contributed by atoms with Gasteiger partial charge in [0.2, 0.25) is 0 Å². The van der Waals surface area contributed by atoms with E-state index in [0.717, 1.165) is 31.4 Å². The number of ether oxygens (including phenoxy) is 3. The number of hydrogen-bond donors (Lipinski definition) is 1. The third-order valence-corrected chi connectivity index (χ3v) is 10.2. The van der Waals surface area contributed by atoms with Gasteiger partial charge in [0.05, 0.1) is 26.4 Å². The summed E-state index contributed by atoms with van der Waals surface area (Å²) in [6, 6.07) is 8.61. The fourth-order valence-electron chi connectivity index (χ4n) is 9.11. The molecule has 2 bridgehead atoms. The zero-order valence-electron chi connectivity index (χ0n) is 19.4. The third-order valence-electron chi connectivity index (χ3n) is 10.2. The molecule has 1 aliphatic heterocycles. The van der Waals surface area contributed by atoms with Crippen molar-refractivity contribution in [3.8, 4) is 5.75 Å². The van der Waals surface area contributed by atoms with E-state index >= 15 is 0 Å². The van der Waals surface area contributed by atoms with Crippen LogP contribution in [0.5, 0.6) is 5.75 Å². The summed E-state index contributed by atoms with van der Waals surface area (Å²) < 4.78 is 18.6. The van der Waals surface area contributed by atoms with Crippen LogP contribution < -0.4 is 4.74 Å². The van der Waals surface area contributed by atoms with Crippen molar-refractivity contribution < 1.29 is 19.3 Å². The zero-order valence-corrected chi connectivity index (χ0v) is 19.4. The minimum Gasteiger partial charge on any atom is -0.497 e. The lowest BCUT2D eigenvalue weighted by Crippen LogP contribution is -2.60. The highest BCUT2D eigenvalue weighted by atomic mass is 16.7. The van der Waals surface area contributed by atoms with Crippen LogP contribution in [0.4, 0.5) is 0 Å². The molecule has 4 heteroatoms. The molecule has 3 saturated carbocycles. The molecular weight excluding hydrogens is 400 g/mol. The summed E-state index contributed by atoms with van der Waals surface area (Å²) in [7, 11) is 1.71. The van der Waals surface area contributed by atoms with Crippen molar-refractivity contribution >= 4 is 0 Å². The quantitative estimate of drug-likeness (QED) is 0.674. The molecule has 6 rings (SSSR count). The highest BCUT2D eigenvalue weighted by Gasteiger charge is 2.82. The van der Waals surface area contributed by atoms with Gasteiger partial charge >= 0.3 is 0 Å². The Labute approximate surface area is 191 Å². The number of fused-ring (bicyclic) bond motifs is 3. The van der Waals surface area contributed by atoms with Gasteiger partial charge in [-0.05, 0) is 48.3 Å². The Balaban J connectivity index is 1.60. The average molecular weight is 437 g/mol. The molecule has 0 amide bonds. The summed E-state index contributed by atoms with van der Waals surface area (Å²) >= 11 is 0. The Kier molecular flexibility index (Phi) is 4.55. The summed E-state index contributed by atoms with van der Waals surface area (Å²) in [6.07, 6.45) is 12.8. The van der Waals surface area contributed by atoms with Crippen LogP contribution in [0, 0.1) is 28.6 Å². The monoisotopic (exact) mass is 436 g/mol. The van der Waals surface area contributed by atoms with Crippen LogP contribution in [-0.2, 0) is 14.9 Å². The molecule has 32 heavy (non-hydrogen) atoms. The number of benzene rings is 1. The number of methoxy groups -OCH3 is 1. The van der Waals surface area contributed by atoms with E-state index in [1.807, 2.05) is 6.08 Å². The fraction of sp³-hybridized carbons (Fsp3) is 0.643. The van der Waals surface area contributed by atoms with E-state index in [1.165, 1.54) is 18.4 Å². The van der Waals surface area contributed by atoms with Crippen LogP contribution >= 0.6 is 0 Å². The second-order valence-corrected chi connectivity index (χ2v) is 11.0. The highest BCUT2D eigenvalue weighted by Crippen LogP contribution is 2.82. The maximum Gasteiger partial charge on any atom is 0.172 e. The third kappa shape index (κ3) is 2.24. The van der Waals surface area contributed by atoms with Crippen LogP contribution in [0.1, 0.15) is 51.0 Å². The molecule has 1 aromatic carbocycles. The minimum atomic E-state index is -0.602. The predicted molar refractivity (Wildman–Crippen MR) is 123 cm³/mol. The van der Waals surface area contributed by atoms with Crippen molar-refractivity contribution in [3.05, 3.63) is 54.6 Å². The van der Waals surface area contributed by atoms with E-state index < -0.39 is 11.9 Å². The molecule has 0 aromatic heterocycles. The molecule has 1 saturated heterocycles. The van der Waals surface area contributed by atoms with Gasteiger partial charge in [-0.3, -0.25) is 0 Å². The first kappa shape index (κ1) is 20.9. The van der Waals surface area contributed by atoms with E-state index in [2.05, 4.69) is 49.9 Å². The maximum atomic E-state index is 12.0. The second kappa shape index (κ2) is 6.94. The number of rotatable bonds is 4. The Hall–Kier alpha value is -1.62. The first-order valence-electron chi connectivity index (χ1n) is 12.4. The molecule has 1 aromatic rings. The molecule has 7 atom stereocenters. The van der Waals surface area contributed by atoms with E-state index in [4.69, 9.17) is 14.2 Å². The summed E-state index contributed by atoms with van der Waals surface area (Å²) in [5.41, 5.74) is 1.06. The van der Waals surface area contributed by atoms with Crippen LogP contribution in [0.15, 0.2) is 49.1 Å². The van der Waals surface area contributed by atoms with Gasteiger partial charge in [0.25, 0.3) is 0 Å². The van der Waals surface area contributed by atoms with Crippen molar-refractivity contribution in [1.29, 1.82) is 0 Å². The van der Waals surface area contributed by atoms with Crippen LogP contribution in [0.3, 0.4) is 0 Å². The molecule has 4 nitrogen and oxygen atoms in total. The van der Waals surface area contributed by atoms with Crippen molar-refractivity contribution in [2.75, 3.05) is 20.3 Å². The molecule has 1 N–H and O–H groups in total. The van der Waals surface area contributed by atoms with Crippen molar-refractivity contribution in [2.45, 2.75) is 62.8 Å². The molecule has 5 aliphatic rings. The molecule has 1 heterocycles.